The largest absolute Gasteiger partial charge is 0.478 e. The maximum atomic E-state index is 10.2. The van der Waals surface area contributed by atoms with Crippen LogP contribution in [0.5, 0.6) is 5.75 Å². The highest BCUT2D eigenvalue weighted by Gasteiger charge is 1.92. The molecule has 0 heterocycles. The Kier molecular flexibility index (Phi) is 3.69. The van der Waals surface area contributed by atoms with Gasteiger partial charge in [-0.3, -0.25) is 0 Å². The van der Waals surface area contributed by atoms with Crippen LogP contribution < -0.4 is 10.3 Å². The molecule has 0 saturated heterocycles. The molecule has 74 valence electrons. The molecule has 0 aromatic heterocycles. The molecule has 0 fully saturated rings. The van der Waals surface area contributed by atoms with Gasteiger partial charge in [-0.15, -0.1) is 0 Å². The number of hydrogen-bond donors (Lipinski definition) is 2. The predicted octanol–water partition coefficient (Wildman–Crippen LogP) is 1.30. The molecule has 0 bridgehead atoms. The third-order valence-electron chi connectivity index (χ3n) is 1.52. The van der Waals surface area contributed by atoms with Gasteiger partial charge in [0.05, 0.1) is 0 Å². The second-order valence-corrected chi connectivity index (χ2v) is 2.55. The molecule has 14 heavy (non-hydrogen) atoms. The molecule has 0 spiro atoms. The van der Waals surface area contributed by atoms with Crippen LogP contribution in [0.1, 0.15) is 5.56 Å². The van der Waals surface area contributed by atoms with Crippen LogP contribution in [0.2, 0.25) is 0 Å². The van der Waals surface area contributed by atoms with Crippen molar-refractivity contribution in [2.24, 2.45) is 0 Å². The molecule has 0 amide bonds. The van der Waals surface area contributed by atoms with Gasteiger partial charge in [0.2, 0.25) is 0 Å². The van der Waals surface area contributed by atoms with Crippen molar-refractivity contribution in [1.82, 2.24) is 5.48 Å². The number of hydroxylamine groups is 1. The lowest BCUT2D eigenvalue weighted by Gasteiger charge is -2.01. The average Bonchev–Trinajstić information content (AvgIpc) is 2.17. The number of carbonyl (C=O) groups is 1. The van der Waals surface area contributed by atoms with Gasteiger partial charge in [0.25, 0.3) is 0 Å². The Balaban J connectivity index is 2.68. The summed E-state index contributed by atoms with van der Waals surface area (Å²) in [6, 6.07) is 7.04. The van der Waals surface area contributed by atoms with Crippen molar-refractivity contribution in [1.29, 1.82) is 0 Å². The van der Waals surface area contributed by atoms with Crippen LogP contribution in [0.15, 0.2) is 30.3 Å². The van der Waals surface area contributed by atoms with Gasteiger partial charge in [0, 0.05) is 13.1 Å². The van der Waals surface area contributed by atoms with E-state index < -0.39 is 5.97 Å². The van der Waals surface area contributed by atoms with Crippen LogP contribution in [0, 0.1) is 0 Å². The second-order valence-electron chi connectivity index (χ2n) is 2.55. The van der Waals surface area contributed by atoms with E-state index in [1.165, 1.54) is 6.08 Å². The van der Waals surface area contributed by atoms with Crippen molar-refractivity contribution in [2.45, 2.75) is 0 Å². The lowest BCUT2D eigenvalue weighted by Crippen LogP contribution is -2.10. The Morgan fingerprint density at radius 3 is 2.57 bits per heavy atom. The van der Waals surface area contributed by atoms with Gasteiger partial charge in [-0.25, -0.2) is 4.79 Å². The van der Waals surface area contributed by atoms with Gasteiger partial charge in [-0.2, -0.15) is 5.48 Å². The minimum atomic E-state index is -0.958. The number of carboxylic acid groups (broad SMARTS) is 1. The number of aliphatic carboxylic acids is 1. The van der Waals surface area contributed by atoms with E-state index in [2.05, 4.69) is 5.48 Å². The first-order valence-corrected chi connectivity index (χ1v) is 4.07. The summed E-state index contributed by atoms with van der Waals surface area (Å²) in [6.07, 6.45) is 2.61. The zero-order valence-corrected chi connectivity index (χ0v) is 7.73. The van der Waals surface area contributed by atoms with Crippen LogP contribution in [0.3, 0.4) is 0 Å². The topological polar surface area (TPSA) is 58.6 Å². The third kappa shape index (κ3) is 3.28. The summed E-state index contributed by atoms with van der Waals surface area (Å²) in [5, 5.41) is 8.39. The van der Waals surface area contributed by atoms with Crippen molar-refractivity contribution < 1.29 is 14.7 Å². The van der Waals surface area contributed by atoms with Gasteiger partial charge in [-0.05, 0) is 23.8 Å². The van der Waals surface area contributed by atoms with Crippen molar-refractivity contribution in [3.8, 4) is 5.75 Å². The summed E-state index contributed by atoms with van der Waals surface area (Å²) < 4.78 is 0. The molecule has 1 aromatic carbocycles. The average molecular weight is 193 g/mol. The van der Waals surface area contributed by atoms with Crippen molar-refractivity contribution in [3.05, 3.63) is 35.9 Å². The molecule has 0 aliphatic heterocycles. The summed E-state index contributed by atoms with van der Waals surface area (Å²) >= 11 is 0. The quantitative estimate of drug-likeness (QED) is 0.559. The summed E-state index contributed by atoms with van der Waals surface area (Å²) in [6.45, 7) is 0. The minimum Gasteiger partial charge on any atom is -0.478 e. The summed E-state index contributed by atoms with van der Waals surface area (Å²) in [5.74, 6) is -0.277. The fourth-order valence-corrected chi connectivity index (χ4v) is 0.932. The summed E-state index contributed by atoms with van der Waals surface area (Å²) in [5.41, 5.74) is 3.36. The molecule has 1 rings (SSSR count). The molecular formula is C10H11NO3. The summed E-state index contributed by atoms with van der Waals surface area (Å²) in [4.78, 5) is 15.2. The first-order chi connectivity index (χ1) is 6.72. The van der Waals surface area contributed by atoms with Crippen molar-refractivity contribution >= 4 is 12.0 Å². The molecule has 4 heteroatoms. The Morgan fingerprint density at radius 2 is 2.07 bits per heavy atom. The highest BCUT2D eigenvalue weighted by Crippen LogP contribution is 2.11. The highest BCUT2D eigenvalue weighted by molar-refractivity contribution is 5.85. The van der Waals surface area contributed by atoms with E-state index in [1.54, 1.807) is 31.3 Å². The Bertz CT molecular complexity index is 330. The molecule has 4 nitrogen and oxygen atoms in total. The molecule has 0 radical (unpaired) electrons. The van der Waals surface area contributed by atoms with Crippen molar-refractivity contribution in [3.63, 3.8) is 0 Å². The number of benzene rings is 1. The fraction of sp³-hybridized carbons (Fsp3) is 0.100. The first kappa shape index (κ1) is 10.3. The molecule has 0 atom stereocenters. The van der Waals surface area contributed by atoms with Gasteiger partial charge in [0.1, 0.15) is 5.75 Å². The van der Waals surface area contributed by atoms with E-state index in [0.29, 0.717) is 5.75 Å². The van der Waals surface area contributed by atoms with Crippen LogP contribution in [-0.2, 0) is 4.79 Å². The standard InChI is InChI=1S/C10H11NO3/c1-11-14-9-5-2-8(3-6-9)4-7-10(12)13/h2-7,11H,1H3,(H,12,13)/b7-4+. The summed E-state index contributed by atoms with van der Waals surface area (Å²) in [7, 11) is 1.66. The van der Waals surface area contributed by atoms with Crippen LogP contribution >= 0.6 is 0 Å². The van der Waals surface area contributed by atoms with E-state index in [1.807, 2.05) is 0 Å². The Hall–Kier alpha value is -1.81. The third-order valence-corrected chi connectivity index (χ3v) is 1.52. The van der Waals surface area contributed by atoms with Gasteiger partial charge < -0.3 is 9.94 Å². The Labute approximate surface area is 81.8 Å². The van der Waals surface area contributed by atoms with E-state index >= 15 is 0 Å². The number of carboxylic acids is 1. The minimum absolute atomic E-state index is 0.681. The molecule has 0 unspecified atom stereocenters. The molecule has 0 aliphatic rings. The zero-order valence-electron chi connectivity index (χ0n) is 7.73. The number of nitrogens with one attached hydrogen (secondary N) is 1. The van der Waals surface area contributed by atoms with Crippen LogP contribution in [0.4, 0.5) is 0 Å². The normalized spacial score (nSPS) is 10.4. The second kappa shape index (κ2) is 5.04. The maximum Gasteiger partial charge on any atom is 0.328 e. The lowest BCUT2D eigenvalue weighted by molar-refractivity contribution is -0.131. The molecule has 2 N–H and O–H groups in total. The van der Waals surface area contributed by atoms with Crippen molar-refractivity contribution in [2.75, 3.05) is 7.05 Å². The van der Waals surface area contributed by atoms with E-state index in [9.17, 15) is 4.79 Å². The monoisotopic (exact) mass is 193 g/mol. The van der Waals surface area contributed by atoms with E-state index in [0.717, 1.165) is 11.6 Å². The maximum absolute atomic E-state index is 10.2. The zero-order chi connectivity index (χ0) is 10.4. The SMILES string of the molecule is CNOc1ccc(/C=C/C(=O)O)cc1. The first-order valence-electron chi connectivity index (χ1n) is 4.07. The van der Waals surface area contributed by atoms with Gasteiger partial charge in [-0.1, -0.05) is 12.1 Å². The lowest BCUT2D eigenvalue weighted by atomic mass is 10.2. The van der Waals surface area contributed by atoms with Crippen LogP contribution in [-0.4, -0.2) is 18.1 Å². The molecular weight excluding hydrogens is 182 g/mol. The Morgan fingerprint density at radius 1 is 1.43 bits per heavy atom. The molecule has 1 aromatic rings. The molecule has 0 saturated carbocycles. The van der Waals surface area contributed by atoms with Gasteiger partial charge >= 0.3 is 5.97 Å². The smallest absolute Gasteiger partial charge is 0.328 e. The molecule has 0 aliphatic carbocycles. The number of rotatable bonds is 4. The highest BCUT2D eigenvalue weighted by atomic mass is 16.6. The van der Waals surface area contributed by atoms with E-state index in [-0.39, 0.29) is 0 Å². The number of hydrogen-bond acceptors (Lipinski definition) is 3. The van der Waals surface area contributed by atoms with Crippen LogP contribution in [0.25, 0.3) is 6.08 Å². The van der Waals surface area contributed by atoms with E-state index in [4.69, 9.17) is 9.94 Å². The predicted molar refractivity (Wildman–Crippen MR) is 52.8 cm³/mol. The fourth-order valence-electron chi connectivity index (χ4n) is 0.932. The van der Waals surface area contributed by atoms with Gasteiger partial charge in [0.15, 0.2) is 0 Å².